The van der Waals surface area contributed by atoms with Crippen LogP contribution in [0.5, 0.6) is 0 Å². The van der Waals surface area contributed by atoms with E-state index in [9.17, 15) is 5.21 Å². The molecule has 0 aromatic rings. The summed E-state index contributed by atoms with van der Waals surface area (Å²) in [6, 6.07) is 0. The molecular weight excluding hydrogens is 238 g/mol. The Morgan fingerprint density at radius 3 is 1.89 bits per heavy atom. The van der Waals surface area contributed by atoms with Crippen molar-refractivity contribution in [2.24, 2.45) is 5.92 Å². The lowest BCUT2D eigenvalue weighted by atomic mass is 10.0. The van der Waals surface area contributed by atoms with Crippen molar-refractivity contribution in [3.8, 4) is 0 Å². The Kier molecular flexibility index (Phi) is 15.8. The molecule has 0 atom stereocenters. The first-order chi connectivity index (χ1) is 9.27. The lowest BCUT2D eigenvalue weighted by molar-refractivity contribution is -0.589. The molecule has 2 N–H and O–H groups in total. The number of ether oxygens (including phenoxy) is 1. The fraction of sp³-hybridized carbons (Fsp3) is 1.00. The van der Waals surface area contributed by atoms with Crippen molar-refractivity contribution >= 4 is 0 Å². The first kappa shape index (κ1) is 18.9. The lowest BCUT2D eigenvalue weighted by Crippen LogP contribution is -2.77. The summed E-state index contributed by atoms with van der Waals surface area (Å²) >= 11 is 0. The highest BCUT2D eigenvalue weighted by Gasteiger charge is 1.95. The molecule has 0 aromatic heterocycles. The maximum absolute atomic E-state index is 10.1. The molecule has 3 nitrogen and oxygen atoms in total. The monoisotopic (exact) mass is 273 g/mol. The Balaban J connectivity index is 2.91. The van der Waals surface area contributed by atoms with Crippen molar-refractivity contribution in [2.75, 3.05) is 19.8 Å². The summed E-state index contributed by atoms with van der Waals surface area (Å²) in [5.74, 6) is 0.867. The summed E-state index contributed by atoms with van der Waals surface area (Å²) in [7, 11) is 0. The first-order valence-corrected chi connectivity index (χ1v) is 8.28. The summed E-state index contributed by atoms with van der Waals surface area (Å²) in [5, 5.41) is 10.1. The van der Waals surface area contributed by atoms with Crippen molar-refractivity contribution in [2.45, 2.75) is 78.1 Å². The van der Waals surface area contributed by atoms with Crippen LogP contribution in [0, 0.1) is 11.1 Å². The van der Waals surface area contributed by atoms with Crippen LogP contribution in [0.3, 0.4) is 0 Å². The summed E-state index contributed by atoms with van der Waals surface area (Å²) < 4.78 is 5.46. The van der Waals surface area contributed by atoms with Crippen molar-refractivity contribution in [3.05, 3.63) is 5.21 Å². The second-order valence-corrected chi connectivity index (χ2v) is 5.93. The Bertz CT molecular complexity index is 163. The Morgan fingerprint density at radius 2 is 1.32 bits per heavy atom. The van der Waals surface area contributed by atoms with Gasteiger partial charge in [0.25, 0.3) is 0 Å². The predicted octanol–water partition coefficient (Wildman–Crippen LogP) is 3.62. The van der Waals surface area contributed by atoms with E-state index in [2.05, 4.69) is 13.8 Å². The van der Waals surface area contributed by atoms with E-state index >= 15 is 0 Å². The molecule has 0 aromatic carbocycles. The molecule has 0 radical (unpaired) electrons. The number of nitrogens with two attached hydrogens (primary N) is 1. The third-order valence-corrected chi connectivity index (χ3v) is 3.43. The molecule has 19 heavy (non-hydrogen) atoms. The molecule has 0 fully saturated rings. The second-order valence-electron chi connectivity index (χ2n) is 5.93. The summed E-state index contributed by atoms with van der Waals surface area (Å²) in [6.45, 7) is 6.86. The zero-order valence-corrected chi connectivity index (χ0v) is 13.2. The van der Waals surface area contributed by atoms with E-state index in [-0.39, 0.29) is 0 Å². The van der Waals surface area contributed by atoms with E-state index in [1.54, 1.807) is 0 Å². The van der Waals surface area contributed by atoms with E-state index in [0.717, 1.165) is 31.0 Å². The molecule has 0 spiro atoms. The van der Waals surface area contributed by atoms with Gasteiger partial charge in [-0.25, -0.2) is 0 Å². The molecule has 0 aliphatic heterocycles. The minimum absolute atomic E-state index is 0.636. The van der Waals surface area contributed by atoms with Crippen LogP contribution >= 0.6 is 0 Å². The summed E-state index contributed by atoms with van der Waals surface area (Å²) in [5.41, 5.74) is 0.963. The SMILES string of the molecule is CC(C)CCCCCCCCCCOCCC[NH2+][O-]. The fourth-order valence-corrected chi connectivity index (χ4v) is 2.19. The van der Waals surface area contributed by atoms with Crippen molar-refractivity contribution in [3.63, 3.8) is 0 Å². The largest absolute Gasteiger partial charge is 0.636 e. The lowest BCUT2D eigenvalue weighted by Gasteiger charge is -2.05. The third-order valence-electron chi connectivity index (χ3n) is 3.43. The standard InChI is InChI=1S/C16H35NO2/c1-16(2)12-9-7-5-3-4-6-8-10-14-19-15-11-13-17-18/h16H,3-15,17H2,1-2H3. The first-order valence-electron chi connectivity index (χ1n) is 8.28. The van der Waals surface area contributed by atoms with Gasteiger partial charge in [-0.1, -0.05) is 65.2 Å². The van der Waals surface area contributed by atoms with Crippen molar-refractivity contribution in [1.29, 1.82) is 0 Å². The van der Waals surface area contributed by atoms with E-state index in [0.29, 0.717) is 6.54 Å². The van der Waals surface area contributed by atoms with E-state index < -0.39 is 0 Å². The van der Waals surface area contributed by atoms with Gasteiger partial charge in [-0.2, -0.15) is 0 Å². The molecule has 0 bridgehead atoms. The van der Waals surface area contributed by atoms with Gasteiger partial charge in [-0.3, -0.25) is 0 Å². The average Bonchev–Trinajstić information content (AvgIpc) is 2.39. The number of rotatable bonds is 15. The van der Waals surface area contributed by atoms with Crippen molar-refractivity contribution in [1.82, 2.24) is 0 Å². The molecule has 0 saturated carbocycles. The average molecular weight is 273 g/mol. The normalized spacial score (nSPS) is 11.4. The molecule has 3 heteroatoms. The molecule has 0 aliphatic carbocycles. The van der Waals surface area contributed by atoms with Crippen LogP contribution in [-0.4, -0.2) is 19.8 Å². The maximum Gasteiger partial charge on any atom is 0.0774 e. The second kappa shape index (κ2) is 15.9. The van der Waals surface area contributed by atoms with Gasteiger partial charge in [0.15, 0.2) is 0 Å². The topological polar surface area (TPSA) is 48.9 Å². The number of hydroxylamine groups is 1. The van der Waals surface area contributed by atoms with Crippen LogP contribution in [0.4, 0.5) is 0 Å². The number of quaternary nitrogens is 1. The quantitative estimate of drug-likeness (QED) is 0.366. The molecule has 0 aliphatic rings. The summed E-state index contributed by atoms with van der Waals surface area (Å²) in [4.78, 5) is 0. The predicted molar refractivity (Wildman–Crippen MR) is 82.0 cm³/mol. The highest BCUT2D eigenvalue weighted by Crippen LogP contribution is 2.12. The Morgan fingerprint density at radius 1 is 0.789 bits per heavy atom. The number of unbranched alkanes of at least 4 members (excludes halogenated alkanes) is 7. The van der Waals surface area contributed by atoms with Crippen LogP contribution in [0.15, 0.2) is 0 Å². The van der Waals surface area contributed by atoms with Crippen LogP contribution < -0.4 is 5.48 Å². The molecule has 0 heterocycles. The van der Waals surface area contributed by atoms with Gasteiger partial charge in [-0.15, -0.1) is 0 Å². The molecule has 116 valence electrons. The molecule has 0 unspecified atom stereocenters. The molecule has 0 rings (SSSR count). The van der Waals surface area contributed by atoms with Crippen LogP contribution in [-0.2, 0) is 4.74 Å². The zero-order valence-electron chi connectivity index (χ0n) is 13.2. The van der Waals surface area contributed by atoms with Crippen molar-refractivity contribution < 1.29 is 10.2 Å². The van der Waals surface area contributed by atoms with Gasteiger partial charge in [0.1, 0.15) is 0 Å². The van der Waals surface area contributed by atoms with Crippen LogP contribution in [0.1, 0.15) is 78.1 Å². The van der Waals surface area contributed by atoms with Gasteiger partial charge < -0.3 is 15.4 Å². The molecule has 0 saturated heterocycles. The van der Waals surface area contributed by atoms with Crippen LogP contribution in [0.2, 0.25) is 0 Å². The maximum atomic E-state index is 10.1. The summed E-state index contributed by atoms with van der Waals surface area (Å²) in [6.07, 6.45) is 13.1. The Hall–Kier alpha value is -0.120. The highest BCUT2D eigenvalue weighted by atomic mass is 16.5. The number of hydrogen-bond acceptors (Lipinski definition) is 2. The molecular formula is C16H35NO2. The minimum Gasteiger partial charge on any atom is -0.636 e. The van der Waals surface area contributed by atoms with Gasteiger partial charge in [0, 0.05) is 13.0 Å². The van der Waals surface area contributed by atoms with Gasteiger partial charge in [0.05, 0.1) is 13.2 Å². The Labute approximate surface area is 120 Å². The number of hydrogen-bond donors (Lipinski definition) is 1. The third kappa shape index (κ3) is 17.9. The van der Waals surface area contributed by atoms with Crippen LogP contribution in [0.25, 0.3) is 0 Å². The van der Waals surface area contributed by atoms with E-state index in [4.69, 9.17) is 4.74 Å². The smallest absolute Gasteiger partial charge is 0.0774 e. The van der Waals surface area contributed by atoms with Gasteiger partial charge >= 0.3 is 0 Å². The van der Waals surface area contributed by atoms with Gasteiger partial charge in [-0.05, 0) is 12.3 Å². The van der Waals surface area contributed by atoms with E-state index in [1.165, 1.54) is 57.8 Å². The zero-order chi connectivity index (χ0) is 14.2. The minimum atomic E-state index is 0.636. The molecule has 0 amide bonds. The fourth-order valence-electron chi connectivity index (χ4n) is 2.19. The van der Waals surface area contributed by atoms with E-state index in [1.807, 2.05) is 0 Å². The highest BCUT2D eigenvalue weighted by molar-refractivity contribution is 4.49. The van der Waals surface area contributed by atoms with Gasteiger partial charge in [0.2, 0.25) is 0 Å².